The van der Waals surface area contributed by atoms with E-state index >= 15 is 0 Å². The van der Waals surface area contributed by atoms with E-state index in [1.807, 2.05) is 12.1 Å². The minimum atomic E-state index is -0.329. The molecule has 1 aromatic carbocycles. The quantitative estimate of drug-likeness (QED) is 0.476. The summed E-state index contributed by atoms with van der Waals surface area (Å²) in [5, 5.41) is 0.541. The van der Waals surface area contributed by atoms with Gasteiger partial charge in [-0.05, 0) is 24.6 Å². The van der Waals surface area contributed by atoms with Crippen LogP contribution in [-0.2, 0) is 21.8 Å². The van der Waals surface area contributed by atoms with Gasteiger partial charge in [-0.3, -0.25) is 4.79 Å². The summed E-state index contributed by atoms with van der Waals surface area (Å²) in [5.74, 6) is 0.299. The SMILES string of the molecule is CCOC(=O)c1ccc(CSc2nc(COC)cc(=O)[nH]2)cc1. The summed E-state index contributed by atoms with van der Waals surface area (Å²) >= 11 is 1.41. The number of thioether (sulfide) groups is 1. The molecule has 0 unspecified atom stereocenters. The lowest BCUT2D eigenvalue weighted by Gasteiger charge is -2.05. The number of nitrogens with one attached hydrogen (secondary N) is 1. The van der Waals surface area contributed by atoms with Crippen molar-refractivity contribution >= 4 is 17.7 Å². The highest BCUT2D eigenvalue weighted by molar-refractivity contribution is 7.98. The van der Waals surface area contributed by atoms with Gasteiger partial charge < -0.3 is 14.5 Å². The second kappa shape index (κ2) is 8.50. The number of aromatic amines is 1. The Kier molecular flexibility index (Phi) is 6.37. The number of benzene rings is 1. The van der Waals surface area contributed by atoms with Crippen LogP contribution in [-0.4, -0.2) is 29.7 Å². The molecule has 23 heavy (non-hydrogen) atoms. The number of hydrogen-bond acceptors (Lipinski definition) is 6. The number of methoxy groups -OCH3 is 1. The van der Waals surface area contributed by atoms with Crippen LogP contribution in [0.4, 0.5) is 0 Å². The number of nitrogens with zero attached hydrogens (tertiary/aromatic N) is 1. The number of H-pyrrole nitrogens is 1. The highest BCUT2D eigenvalue weighted by atomic mass is 32.2. The lowest BCUT2D eigenvalue weighted by atomic mass is 10.1. The van der Waals surface area contributed by atoms with Gasteiger partial charge >= 0.3 is 5.97 Å². The van der Waals surface area contributed by atoms with Crippen molar-refractivity contribution in [2.24, 2.45) is 0 Å². The highest BCUT2D eigenvalue weighted by Crippen LogP contribution is 2.19. The van der Waals surface area contributed by atoms with Crippen molar-refractivity contribution in [2.45, 2.75) is 24.4 Å². The summed E-state index contributed by atoms with van der Waals surface area (Å²) in [4.78, 5) is 30.2. The van der Waals surface area contributed by atoms with E-state index in [1.165, 1.54) is 17.8 Å². The largest absolute Gasteiger partial charge is 0.462 e. The molecule has 6 nitrogen and oxygen atoms in total. The normalized spacial score (nSPS) is 10.5. The minimum Gasteiger partial charge on any atom is -0.462 e. The van der Waals surface area contributed by atoms with E-state index in [4.69, 9.17) is 9.47 Å². The van der Waals surface area contributed by atoms with Crippen molar-refractivity contribution in [3.05, 3.63) is 57.5 Å². The molecule has 0 saturated carbocycles. The molecule has 2 aromatic rings. The van der Waals surface area contributed by atoms with Crippen LogP contribution in [0.5, 0.6) is 0 Å². The maximum Gasteiger partial charge on any atom is 0.338 e. The molecule has 0 atom stereocenters. The van der Waals surface area contributed by atoms with Gasteiger partial charge in [-0.15, -0.1) is 0 Å². The van der Waals surface area contributed by atoms with Crippen LogP contribution < -0.4 is 5.56 Å². The summed E-state index contributed by atoms with van der Waals surface area (Å²) in [6.07, 6.45) is 0. The lowest BCUT2D eigenvalue weighted by molar-refractivity contribution is 0.0526. The molecule has 0 aliphatic heterocycles. The Labute approximate surface area is 138 Å². The molecule has 1 heterocycles. The zero-order chi connectivity index (χ0) is 16.7. The van der Waals surface area contributed by atoms with Gasteiger partial charge in [0.25, 0.3) is 5.56 Å². The minimum absolute atomic E-state index is 0.202. The molecule has 0 amide bonds. The summed E-state index contributed by atoms with van der Waals surface area (Å²) < 4.78 is 9.93. The predicted octanol–water partition coefficient (Wildman–Crippen LogP) is 2.39. The average Bonchev–Trinajstić information content (AvgIpc) is 2.53. The van der Waals surface area contributed by atoms with E-state index in [1.54, 1.807) is 26.2 Å². The molecule has 0 radical (unpaired) electrons. The van der Waals surface area contributed by atoms with Crippen LogP contribution in [0.15, 0.2) is 40.3 Å². The number of hydrogen-bond donors (Lipinski definition) is 1. The molecule has 1 aromatic heterocycles. The van der Waals surface area contributed by atoms with E-state index in [0.717, 1.165) is 5.56 Å². The molecular weight excluding hydrogens is 316 g/mol. The van der Waals surface area contributed by atoms with Crippen molar-refractivity contribution in [1.82, 2.24) is 9.97 Å². The number of ether oxygens (including phenoxy) is 2. The van der Waals surface area contributed by atoms with Gasteiger partial charge in [0.1, 0.15) is 0 Å². The van der Waals surface area contributed by atoms with Gasteiger partial charge in [-0.25, -0.2) is 9.78 Å². The zero-order valence-corrected chi connectivity index (χ0v) is 13.8. The number of esters is 1. The highest BCUT2D eigenvalue weighted by Gasteiger charge is 2.07. The van der Waals surface area contributed by atoms with Crippen LogP contribution in [0.1, 0.15) is 28.5 Å². The van der Waals surface area contributed by atoms with E-state index in [9.17, 15) is 9.59 Å². The third-order valence-corrected chi connectivity index (χ3v) is 3.85. The smallest absolute Gasteiger partial charge is 0.338 e. The van der Waals surface area contributed by atoms with Gasteiger partial charge in [0.05, 0.1) is 24.5 Å². The fourth-order valence-corrected chi connectivity index (χ4v) is 2.73. The Morgan fingerprint density at radius 2 is 2.04 bits per heavy atom. The van der Waals surface area contributed by atoms with Crippen LogP contribution in [0.2, 0.25) is 0 Å². The van der Waals surface area contributed by atoms with E-state index < -0.39 is 0 Å². The van der Waals surface area contributed by atoms with Crippen molar-refractivity contribution in [3.8, 4) is 0 Å². The van der Waals surface area contributed by atoms with Crippen molar-refractivity contribution in [2.75, 3.05) is 13.7 Å². The maximum absolute atomic E-state index is 11.6. The predicted molar refractivity (Wildman–Crippen MR) is 87.5 cm³/mol. The monoisotopic (exact) mass is 334 g/mol. The second-order valence-corrected chi connectivity index (χ2v) is 5.65. The molecule has 122 valence electrons. The first-order valence-electron chi connectivity index (χ1n) is 7.10. The van der Waals surface area contributed by atoms with Crippen LogP contribution >= 0.6 is 11.8 Å². The van der Waals surface area contributed by atoms with Crippen molar-refractivity contribution < 1.29 is 14.3 Å². The summed E-state index contributed by atoms with van der Waals surface area (Å²) in [7, 11) is 1.56. The fourth-order valence-electron chi connectivity index (χ4n) is 1.88. The Bertz CT molecular complexity index is 713. The lowest BCUT2D eigenvalue weighted by Crippen LogP contribution is -2.10. The Morgan fingerprint density at radius 1 is 1.30 bits per heavy atom. The topological polar surface area (TPSA) is 81.3 Å². The van der Waals surface area contributed by atoms with Crippen LogP contribution in [0.25, 0.3) is 0 Å². The molecule has 2 rings (SSSR count). The molecular formula is C16H18N2O4S. The molecule has 0 aliphatic rings. The third-order valence-electron chi connectivity index (χ3n) is 2.91. The zero-order valence-electron chi connectivity index (χ0n) is 13.0. The fraction of sp³-hybridized carbons (Fsp3) is 0.312. The molecule has 0 bridgehead atoms. The molecule has 0 aliphatic carbocycles. The maximum atomic E-state index is 11.6. The first-order chi connectivity index (χ1) is 11.1. The number of carbonyl (C=O) groups is 1. The van der Waals surface area contributed by atoms with Gasteiger partial charge in [0, 0.05) is 18.9 Å². The van der Waals surface area contributed by atoms with Crippen molar-refractivity contribution in [3.63, 3.8) is 0 Å². The summed E-state index contributed by atoms with van der Waals surface area (Å²) in [6.45, 7) is 2.42. The molecule has 0 fully saturated rings. The standard InChI is InChI=1S/C16H18N2O4S/c1-3-22-15(20)12-6-4-11(5-7-12)10-23-16-17-13(9-21-2)8-14(19)18-16/h4-8H,3,9-10H2,1-2H3,(H,17,18,19). The van der Waals surface area contributed by atoms with Crippen molar-refractivity contribution in [1.29, 1.82) is 0 Å². The third kappa shape index (κ3) is 5.22. The van der Waals surface area contributed by atoms with Gasteiger partial charge in [-0.2, -0.15) is 0 Å². The van der Waals surface area contributed by atoms with Crippen LogP contribution in [0, 0.1) is 0 Å². The van der Waals surface area contributed by atoms with Gasteiger partial charge in [0.2, 0.25) is 0 Å². The first-order valence-corrected chi connectivity index (χ1v) is 8.09. The molecule has 7 heteroatoms. The van der Waals surface area contributed by atoms with E-state index in [-0.39, 0.29) is 11.5 Å². The summed E-state index contributed by atoms with van der Waals surface area (Å²) in [6, 6.07) is 8.59. The average molecular weight is 334 g/mol. The van der Waals surface area contributed by atoms with E-state index in [2.05, 4.69) is 9.97 Å². The van der Waals surface area contributed by atoms with E-state index in [0.29, 0.717) is 35.4 Å². The number of aromatic nitrogens is 2. The Balaban J connectivity index is 2.01. The van der Waals surface area contributed by atoms with Gasteiger partial charge in [0.15, 0.2) is 5.16 Å². The second-order valence-electron chi connectivity index (χ2n) is 4.68. The Morgan fingerprint density at radius 3 is 2.70 bits per heavy atom. The number of carbonyl (C=O) groups excluding carboxylic acids is 1. The summed E-state index contributed by atoms with van der Waals surface area (Å²) in [5.41, 5.74) is 1.93. The molecule has 0 saturated heterocycles. The number of rotatable bonds is 7. The van der Waals surface area contributed by atoms with Gasteiger partial charge in [-0.1, -0.05) is 23.9 Å². The Hall–Kier alpha value is -2.12. The van der Waals surface area contributed by atoms with Crippen LogP contribution in [0.3, 0.4) is 0 Å². The molecule has 0 spiro atoms. The molecule has 1 N–H and O–H groups in total. The first kappa shape index (κ1) is 17.2.